The zero-order valence-electron chi connectivity index (χ0n) is 11.3. The average molecular weight is 385 g/mol. The van der Waals surface area contributed by atoms with Crippen molar-refractivity contribution in [2.24, 2.45) is 0 Å². The molecule has 2 rings (SSSR count). The van der Waals surface area contributed by atoms with E-state index in [0.717, 1.165) is 21.0 Å². The highest BCUT2D eigenvalue weighted by atomic mass is 79.9. The molecule has 0 saturated carbocycles. The van der Waals surface area contributed by atoms with E-state index in [1.54, 1.807) is 17.8 Å². The van der Waals surface area contributed by atoms with Gasteiger partial charge in [0.25, 0.3) is 5.91 Å². The van der Waals surface area contributed by atoms with E-state index in [0.29, 0.717) is 12.1 Å². The molecule has 0 atom stereocenters. The zero-order valence-corrected chi connectivity index (χ0v) is 14.5. The van der Waals surface area contributed by atoms with E-state index in [4.69, 9.17) is 11.6 Å². The third-order valence-electron chi connectivity index (χ3n) is 2.81. The summed E-state index contributed by atoms with van der Waals surface area (Å²) in [5, 5.41) is 3.68. The van der Waals surface area contributed by atoms with E-state index in [2.05, 4.69) is 27.3 Å². The summed E-state index contributed by atoms with van der Waals surface area (Å²) in [6, 6.07) is 15.3. The van der Waals surface area contributed by atoms with Crippen molar-refractivity contribution >= 4 is 45.2 Å². The molecular formula is C16H15BrClNOS. The summed E-state index contributed by atoms with van der Waals surface area (Å²) < 4.78 is 0.814. The van der Waals surface area contributed by atoms with Gasteiger partial charge in [0.15, 0.2) is 0 Å². The fourth-order valence-corrected chi connectivity index (χ4v) is 3.28. The second-order valence-electron chi connectivity index (χ2n) is 4.42. The van der Waals surface area contributed by atoms with E-state index < -0.39 is 0 Å². The first-order valence-corrected chi connectivity index (χ1v) is 8.84. The predicted octanol–water partition coefficient (Wildman–Crippen LogP) is 4.77. The van der Waals surface area contributed by atoms with E-state index in [1.807, 2.05) is 36.4 Å². The molecule has 5 heteroatoms. The van der Waals surface area contributed by atoms with Crippen LogP contribution >= 0.6 is 39.3 Å². The van der Waals surface area contributed by atoms with E-state index >= 15 is 0 Å². The largest absolute Gasteiger partial charge is 0.351 e. The number of hydrogen-bond acceptors (Lipinski definition) is 2. The van der Waals surface area contributed by atoms with Gasteiger partial charge < -0.3 is 5.32 Å². The highest BCUT2D eigenvalue weighted by molar-refractivity contribution is 9.10. The van der Waals surface area contributed by atoms with E-state index in [9.17, 15) is 4.79 Å². The summed E-state index contributed by atoms with van der Waals surface area (Å²) in [6.45, 7) is 0.644. The van der Waals surface area contributed by atoms with Crippen LogP contribution in [0.4, 0.5) is 0 Å². The standard InChI is InChI=1S/C16H15BrClNOS/c17-15-7-2-1-6-14(15)16(20)19-8-9-21-11-12-4-3-5-13(18)10-12/h1-7,10H,8-9,11H2,(H,19,20). The monoisotopic (exact) mass is 383 g/mol. The first kappa shape index (κ1) is 16.4. The lowest BCUT2D eigenvalue weighted by Crippen LogP contribution is -2.26. The summed E-state index contributed by atoms with van der Waals surface area (Å²) >= 11 is 11.1. The number of halogens is 2. The molecule has 0 aliphatic rings. The van der Waals surface area contributed by atoms with Crippen LogP contribution in [-0.4, -0.2) is 18.2 Å². The minimum absolute atomic E-state index is 0.0502. The van der Waals surface area contributed by atoms with E-state index in [-0.39, 0.29) is 5.91 Å². The van der Waals surface area contributed by atoms with Crippen LogP contribution in [0, 0.1) is 0 Å². The van der Waals surface area contributed by atoms with Crippen molar-refractivity contribution in [3.63, 3.8) is 0 Å². The van der Waals surface area contributed by atoms with Gasteiger partial charge in [-0.05, 0) is 45.8 Å². The van der Waals surface area contributed by atoms with Crippen LogP contribution in [0.5, 0.6) is 0 Å². The molecule has 1 amide bonds. The lowest BCUT2D eigenvalue weighted by Gasteiger charge is -2.07. The molecule has 1 N–H and O–H groups in total. The smallest absolute Gasteiger partial charge is 0.252 e. The summed E-state index contributed by atoms with van der Waals surface area (Å²) in [5.74, 6) is 1.71. The maximum atomic E-state index is 12.0. The van der Waals surface area contributed by atoms with Crippen molar-refractivity contribution < 1.29 is 4.79 Å². The van der Waals surface area contributed by atoms with Crippen LogP contribution in [0.15, 0.2) is 53.0 Å². The zero-order chi connectivity index (χ0) is 15.1. The van der Waals surface area contributed by atoms with Crippen molar-refractivity contribution in [3.8, 4) is 0 Å². The summed E-state index contributed by atoms with van der Waals surface area (Å²) in [4.78, 5) is 12.0. The van der Waals surface area contributed by atoms with Crippen LogP contribution in [0.3, 0.4) is 0 Å². The van der Waals surface area contributed by atoms with Gasteiger partial charge in [0.2, 0.25) is 0 Å². The second-order valence-corrected chi connectivity index (χ2v) is 6.81. The maximum absolute atomic E-state index is 12.0. The maximum Gasteiger partial charge on any atom is 0.252 e. The highest BCUT2D eigenvalue weighted by Crippen LogP contribution is 2.17. The molecule has 2 nitrogen and oxygen atoms in total. The van der Waals surface area contributed by atoms with Gasteiger partial charge in [-0.15, -0.1) is 0 Å². The molecule has 0 spiro atoms. The Bertz CT molecular complexity index is 621. The Morgan fingerprint density at radius 2 is 2.00 bits per heavy atom. The summed E-state index contributed by atoms with van der Waals surface area (Å²) in [6.07, 6.45) is 0. The Morgan fingerprint density at radius 1 is 1.19 bits per heavy atom. The molecule has 0 heterocycles. The highest BCUT2D eigenvalue weighted by Gasteiger charge is 2.07. The Kier molecular flexibility index (Phi) is 6.61. The summed E-state index contributed by atoms with van der Waals surface area (Å²) in [7, 11) is 0. The van der Waals surface area contributed by atoms with E-state index in [1.165, 1.54) is 5.56 Å². The molecule has 0 radical (unpaired) electrons. The van der Waals surface area contributed by atoms with Crippen LogP contribution < -0.4 is 5.32 Å². The average Bonchev–Trinajstić information content (AvgIpc) is 2.47. The molecule has 0 bridgehead atoms. The number of rotatable bonds is 6. The van der Waals surface area contributed by atoms with Gasteiger partial charge in [-0.1, -0.05) is 35.9 Å². The molecule has 0 aromatic heterocycles. The number of carbonyl (C=O) groups is 1. The topological polar surface area (TPSA) is 29.1 Å². The SMILES string of the molecule is O=C(NCCSCc1cccc(Cl)c1)c1ccccc1Br. The minimum atomic E-state index is -0.0502. The third-order valence-corrected chi connectivity index (χ3v) is 4.77. The van der Waals surface area contributed by atoms with Crippen LogP contribution in [0.2, 0.25) is 5.02 Å². The molecule has 0 unspecified atom stereocenters. The fraction of sp³-hybridized carbons (Fsp3) is 0.188. The summed E-state index contributed by atoms with van der Waals surface area (Å²) in [5.41, 5.74) is 1.86. The first-order chi connectivity index (χ1) is 10.2. The van der Waals surface area contributed by atoms with Crippen LogP contribution in [0.25, 0.3) is 0 Å². The lowest BCUT2D eigenvalue weighted by molar-refractivity contribution is 0.0955. The van der Waals surface area contributed by atoms with Gasteiger partial charge in [0, 0.05) is 27.5 Å². The molecule has 0 fully saturated rings. The number of thioether (sulfide) groups is 1. The number of carbonyl (C=O) groups excluding carboxylic acids is 1. The quantitative estimate of drug-likeness (QED) is 0.727. The van der Waals surface area contributed by atoms with Gasteiger partial charge in [0.05, 0.1) is 5.56 Å². The molecule has 0 aliphatic heterocycles. The van der Waals surface area contributed by atoms with Gasteiger partial charge >= 0.3 is 0 Å². The number of amides is 1. The fourth-order valence-electron chi connectivity index (χ4n) is 1.79. The van der Waals surface area contributed by atoms with Crippen LogP contribution in [-0.2, 0) is 5.75 Å². The predicted molar refractivity (Wildman–Crippen MR) is 94.1 cm³/mol. The van der Waals surface area contributed by atoms with Crippen molar-refractivity contribution in [2.75, 3.05) is 12.3 Å². The first-order valence-electron chi connectivity index (χ1n) is 6.52. The molecular weight excluding hydrogens is 370 g/mol. The normalized spacial score (nSPS) is 10.4. The second kappa shape index (κ2) is 8.47. The molecule has 110 valence electrons. The minimum Gasteiger partial charge on any atom is -0.351 e. The van der Waals surface area contributed by atoms with Gasteiger partial charge in [-0.3, -0.25) is 4.79 Å². The van der Waals surface area contributed by atoms with Gasteiger partial charge in [-0.25, -0.2) is 0 Å². The van der Waals surface area contributed by atoms with Gasteiger partial charge in [-0.2, -0.15) is 11.8 Å². The molecule has 0 aliphatic carbocycles. The Balaban J connectivity index is 1.70. The molecule has 21 heavy (non-hydrogen) atoms. The Labute approximate surface area is 142 Å². The third kappa shape index (κ3) is 5.38. The number of nitrogens with one attached hydrogen (secondary N) is 1. The molecule has 2 aromatic rings. The van der Waals surface area contributed by atoms with Crippen molar-refractivity contribution in [1.82, 2.24) is 5.32 Å². The Hall–Kier alpha value is -0.970. The lowest BCUT2D eigenvalue weighted by atomic mass is 10.2. The number of benzene rings is 2. The van der Waals surface area contributed by atoms with Crippen molar-refractivity contribution in [1.29, 1.82) is 0 Å². The van der Waals surface area contributed by atoms with Crippen LogP contribution in [0.1, 0.15) is 15.9 Å². The van der Waals surface area contributed by atoms with Gasteiger partial charge in [0.1, 0.15) is 0 Å². The molecule has 2 aromatic carbocycles. The van der Waals surface area contributed by atoms with Crippen molar-refractivity contribution in [3.05, 3.63) is 69.2 Å². The number of hydrogen-bond donors (Lipinski definition) is 1. The molecule has 0 saturated heterocycles. The Morgan fingerprint density at radius 3 is 2.76 bits per heavy atom. The van der Waals surface area contributed by atoms with Crippen molar-refractivity contribution in [2.45, 2.75) is 5.75 Å².